The van der Waals surface area contributed by atoms with Gasteiger partial charge in [-0.05, 0) is 18.6 Å². The Balaban J connectivity index is 3.33. The minimum absolute atomic E-state index is 0.117. The molecule has 0 unspecified atom stereocenters. The molecule has 5 heteroatoms. The molecule has 0 radical (unpaired) electrons. The predicted octanol–water partition coefficient (Wildman–Crippen LogP) is 2.14. The second-order valence-electron chi connectivity index (χ2n) is 2.42. The number of hydrogen-bond donors (Lipinski definition) is 1. The second kappa shape index (κ2) is 2.98. The van der Waals surface area contributed by atoms with Crippen molar-refractivity contribution in [2.24, 2.45) is 0 Å². The molecule has 12 heavy (non-hydrogen) atoms. The van der Waals surface area contributed by atoms with Crippen molar-refractivity contribution in [2.75, 3.05) is 5.73 Å². The number of nitrogens with two attached hydrogens (primary N) is 1. The standard InChI is InChI=1S/C7H7ClN2O2/c1-4-2-5(8)7(10(11)12)3-6(4)9/h2-3H,9H2,1H3. The Hall–Kier alpha value is -1.29. The number of anilines is 1. The first kappa shape index (κ1) is 8.80. The van der Waals surface area contributed by atoms with Gasteiger partial charge >= 0.3 is 0 Å². The average molecular weight is 187 g/mol. The first-order valence-corrected chi connectivity index (χ1v) is 3.60. The molecule has 0 heterocycles. The molecule has 64 valence electrons. The van der Waals surface area contributed by atoms with Crippen LogP contribution in [0.25, 0.3) is 0 Å². The molecular formula is C7H7ClN2O2. The highest BCUT2D eigenvalue weighted by atomic mass is 35.5. The highest BCUT2D eigenvalue weighted by Crippen LogP contribution is 2.28. The van der Waals surface area contributed by atoms with E-state index in [2.05, 4.69) is 0 Å². The third kappa shape index (κ3) is 1.48. The van der Waals surface area contributed by atoms with Crippen LogP contribution in [0.15, 0.2) is 12.1 Å². The number of halogens is 1. The van der Waals surface area contributed by atoms with E-state index < -0.39 is 4.92 Å². The maximum absolute atomic E-state index is 10.4. The lowest BCUT2D eigenvalue weighted by Crippen LogP contribution is -1.94. The molecule has 4 nitrogen and oxygen atoms in total. The van der Waals surface area contributed by atoms with E-state index in [-0.39, 0.29) is 10.7 Å². The van der Waals surface area contributed by atoms with E-state index in [0.29, 0.717) is 5.69 Å². The summed E-state index contributed by atoms with van der Waals surface area (Å²) in [4.78, 5) is 9.79. The monoisotopic (exact) mass is 186 g/mol. The average Bonchev–Trinajstić information content (AvgIpc) is 1.96. The summed E-state index contributed by atoms with van der Waals surface area (Å²) in [6, 6.07) is 2.74. The zero-order valence-corrected chi connectivity index (χ0v) is 7.13. The van der Waals surface area contributed by atoms with Gasteiger partial charge in [-0.15, -0.1) is 0 Å². The largest absolute Gasteiger partial charge is 0.398 e. The number of benzene rings is 1. The van der Waals surface area contributed by atoms with Crippen molar-refractivity contribution in [3.8, 4) is 0 Å². The first-order valence-electron chi connectivity index (χ1n) is 3.22. The summed E-state index contributed by atoms with van der Waals surface area (Å²) in [5.41, 5.74) is 6.43. The molecule has 0 fully saturated rings. The summed E-state index contributed by atoms with van der Waals surface area (Å²) >= 11 is 5.60. The lowest BCUT2D eigenvalue weighted by molar-refractivity contribution is -0.384. The molecule has 0 aliphatic heterocycles. The molecule has 0 atom stereocenters. The van der Waals surface area contributed by atoms with Crippen LogP contribution in [0.5, 0.6) is 0 Å². The maximum Gasteiger partial charge on any atom is 0.289 e. The van der Waals surface area contributed by atoms with Crippen LogP contribution >= 0.6 is 11.6 Å². The van der Waals surface area contributed by atoms with Crippen molar-refractivity contribution >= 4 is 23.0 Å². The van der Waals surface area contributed by atoms with E-state index in [1.165, 1.54) is 12.1 Å². The van der Waals surface area contributed by atoms with Crippen LogP contribution in [-0.4, -0.2) is 4.92 Å². The molecule has 0 aromatic heterocycles. The van der Waals surface area contributed by atoms with Crippen molar-refractivity contribution in [3.05, 3.63) is 32.8 Å². The smallest absolute Gasteiger partial charge is 0.289 e. The van der Waals surface area contributed by atoms with Crippen LogP contribution in [0, 0.1) is 17.0 Å². The van der Waals surface area contributed by atoms with Gasteiger partial charge in [0.1, 0.15) is 5.02 Å². The highest BCUT2D eigenvalue weighted by molar-refractivity contribution is 6.32. The molecule has 0 spiro atoms. The van der Waals surface area contributed by atoms with Gasteiger partial charge in [-0.3, -0.25) is 10.1 Å². The van der Waals surface area contributed by atoms with Gasteiger partial charge in [0.2, 0.25) is 0 Å². The number of nitro groups is 1. The van der Waals surface area contributed by atoms with Crippen LogP contribution in [0.2, 0.25) is 5.02 Å². The fourth-order valence-corrected chi connectivity index (χ4v) is 1.10. The Bertz CT molecular complexity index is 338. The summed E-state index contributed by atoms with van der Waals surface area (Å²) in [5, 5.41) is 10.5. The Morgan fingerprint density at radius 3 is 2.67 bits per heavy atom. The van der Waals surface area contributed by atoms with Crippen molar-refractivity contribution in [2.45, 2.75) is 6.92 Å². The number of nitrogen functional groups attached to an aromatic ring is 1. The van der Waals surface area contributed by atoms with Gasteiger partial charge in [-0.25, -0.2) is 0 Å². The van der Waals surface area contributed by atoms with Gasteiger partial charge in [0.05, 0.1) is 4.92 Å². The minimum Gasteiger partial charge on any atom is -0.398 e. The number of nitro benzene ring substituents is 1. The Morgan fingerprint density at radius 2 is 2.17 bits per heavy atom. The molecule has 0 amide bonds. The molecule has 1 aromatic rings. The van der Waals surface area contributed by atoms with Gasteiger partial charge < -0.3 is 5.73 Å². The van der Waals surface area contributed by atoms with Gasteiger partial charge in [0.15, 0.2) is 0 Å². The first-order chi connectivity index (χ1) is 5.52. The second-order valence-corrected chi connectivity index (χ2v) is 2.82. The number of hydrogen-bond acceptors (Lipinski definition) is 3. The quantitative estimate of drug-likeness (QED) is 0.415. The van der Waals surface area contributed by atoms with E-state index >= 15 is 0 Å². The molecule has 0 saturated heterocycles. The summed E-state index contributed by atoms with van der Waals surface area (Å²) in [5.74, 6) is 0. The summed E-state index contributed by atoms with van der Waals surface area (Å²) < 4.78 is 0. The molecule has 1 aromatic carbocycles. The molecule has 0 aliphatic carbocycles. The third-order valence-corrected chi connectivity index (χ3v) is 1.83. The molecule has 2 N–H and O–H groups in total. The molecule has 0 saturated carbocycles. The van der Waals surface area contributed by atoms with Crippen LogP contribution in [0.3, 0.4) is 0 Å². The van der Waals surface area contributed by atoms with E-state index in [1.807, 2.05) is 0 Å². The van der Waals surface area contributed by atoms with Crippen molar-refractivity contribution in [1.29, 1.82) is 0 Å². The topological polar surface area (TPSA) is 69.2 Å². The highest BCUT2D eigenvalue weighted by Gasteiger charge is 2.13. The predicted molar refractivity (Wildman–Crippen MR) is 47.3 cm³/mol. The Labute approximate surface area is 74.1 Å². The SMILES string of the molecule is Cc1cc(Cl)c([N+](=O)[O-])cc1N. The van der Waals surface area contributed by atoms with Gasteiger partial charge in [0, 0.05) is 11.8 Å². The third-order valence-electron chi connectivity index (χ3n) is 1.53. The van der Waals surface area contributed by atoms with Crippen LogP contribution in [-0.2, 0) is 0 Å². The summed E-state index contributed by atoms with van der Waals surface area (Å²) in [7, 11) is 0. The zero-order chi connectivity index (χ0) is 9.30. The lowest BCUT2D eigenvalue weighted by atomic mass is 10.2. The summed E-state index contributed by atoms with van der Waals surface area (Å²) in [6.45, 7) is 1.74. The van der Waals surface area contributed by atoms with Crippen molar-refractivity contribution in [1.82, 2.24) is 0 Å². The van der Waals surface area contributed by atoms with Crippen LogP contribution in [0.1, 0.15) is 5.56 Å². The van der Waals surface area contributed by atoms with E-state index in [9.17, 15) is 10.1 Å². The van der Waals surface area contributed by atoms with E-state index in [1.54, 1.807) is 6.92 Å². The zero-order valence-electron chi connectivity index (χ0n) is 6.37. The van der Waals surface area contributed by atoms with Crippen LogP contribution < -0.4 is 5.73 Å². The van der Waals surface area contributed by atoms with Gasteiger partial charge in [-0.1, -0.05) is 11.6 Å². The fourth-order valence-electron chi connectivity index (χ4n) is 0.817. The van der Waals surface area contributed by atoms with E-state index in [0.717, 1.165) is 5.56 Å². The van der Waals surface area contributed by atoms with Crippen molar-refractivity contribution in [3.63, 3.8) is 0 Å². The van der Waals surface area contributed by atoms with Gasteiger partial charge in [0.25, 0.3) is 5.69 Å². The molecule has 1 rings (SSSR count). The Kier molecular flexibility index (Phi) is 2.19. The number of aryl methyl sites for hydroxylation is 1. The molecule has 0 bridgehead atoms. The number of nitrogens with zero attached hydrogens (tertiary/aromatic N) is 1. The Morgan fingerprint density at radius 1 is 1.58 bits per heavy atom. The molecule has 0 aliphatic rings. The summed E-state index contributed by atoms with van der Waals surface area (Å²) in [6.07, 6.45) is 0. The minimum atomic E-state index is -0.557. The maximum atomic E-state index is 10.4. The van der Waals surface area contributed by atoms with Crippen LogP contribution in [0.4, 0.5) is 11.4 Å². The fraction of sp³-hybridized carbons (Fsp3) is 0.143. The normalized spacial score (nSPS) is 9.83. The van der Waals surface area contributed by atoms with Gasteiger partial charge in [-0.2, -0.15) is 0 Å². The van der Waals surface area contributed by atoms with Crippen molar-refractivity contribution < 1.29 is 4.92 Å². The van der Waals surface area contributed by atoms with E-state index in [4.69, 9.17) is 17.3 Å². The number of rotatable bonds is 1. The molecular weight excluding hydrogens is 180 g/mol. The lowest BCUT2D eigenvalue weighted by Gasteiger charge is -2.00.